The van der Waals surface area contributed by atoms with E-state index in [1.54, 1.807) is 6.07 Å². The van der Waals surface area contributed by atoms with Gasteiger partial charge in [0.05, 0.1) is 11.3 Å². The summed E-state index contributed by atoms with van der Waals surface area (Å²) < 4.78 is 14.0. The van der Waals surface area contributed by atoms with E-state index < -0.39 is 11.7 Å². The molecule has 5 heteroatoms. The van der Waals surface area contributed by atoms with E-state index in [1.165, 1.54) is 6.07 Å². The third-order valence-corrected chi connectivity index (χ3v) is 2.20. The Labute approximate surface area is 96.0 Å². The first-order valence-corrected chi connectivity index (χ1v) is 5.26. The van der Waals surface area contributed by atoms with Gasteiger partial charge in [0, 0.05) is 10.5 Å². The molecule has 1 aromatic carbocycles. The van der Waals surface area contributed by atoms with Gasteiger partial charge >= 0.3 is 0 Å². The van der Waals surface area contributed by atoms with Gasteiger partial charge in [0.1, 0.15) is 5.82 Å². The minimum Gasteiger partial charge on any atom is -0.382 e. The molecule has 0 atom stereocenters. The average Bonchev–Trinajstić information content (AvgIpc) is 1.99. The molecular weight excluding hydrogens is 263 g/mol. The van der Waals surface area contributed by atoms with Crippen LogP contribution in [-0.2, 0) is 0 Å². The molecule has 0 aromatic heterocycles. The van der Waals surface area contributed by atoms with Crippen LogP contribution in [0.15, 0.2) is 16.6 Å². The highest BCUT2D eigenvalue weighted by Gasteiger charge is 2.15. The highest BCUT2D eigenvalue weighted by atomic mass is 79.9. The van der Waals surface area contributed by atoms with E-state index in [2.05, 4.69) is 21.2 Å². The van der Waals surface area contributed by atoms with Gasteiger partial charge in [0.15, 0.2) is 0 Å². The number of anilines is 1. The fourth-order valence-electron chi connectivity index (χ4n) is 1.25. The number of primary amides is 1. The maximum atomic E-state index is 13.4. The average molecular weight is 275 g/mol. The number of amides is 1. The predicted molar refractivity (Wildman–Crippen MR) is 61.4 cm³/mol. The van der Waals surface area contributed by atoms with Gasteiger partial charge in [-0.15, -0.1) is 0 Å². The molecule has 3 nitrogen and oxygen atoms in total. The van der Waals surface area contributed by atoms with Gasteiger partial charge in [0.25, 0.3) is 5.91 Å². The summed E-state index contributed by atoms with van der Waals surface area (Å²) in [7, 11) is 0. The molecule has 15 heavy (non-hydrogen) atoms. The zero-order valence-corrected chi connectivity index (χ0v) is 10.1. The van der Waals surface area contributed by atoms with Crippen LogP contribution in [0.5, 0.6) is 0 Å². The molecule has 0 aliphatic heterocycles. The molecule has 0 radical (unpaired) electrons. The van der Waals surface area contributed by atoms with Crippen molar-refractivity contribution >= 4 is 27.5 Å². The zero-order valence-electron chi connectivity index (χ0n) is 8.47. The minimum atomic E-state index is -0.775. The first-order valence-electron chi connectivity index (χ1n) is 4.47. The van der Waals surface area contributed by atoms with Gasteiger partial charge in [-0.05, 0) is 26.0 Å². The van der Waals surface area contributed by atoms with Gasteiger partial charge in [-0.1, -0.05) is 15.9 Å². The normalized spacial score (nSPS) is 10.5. The third kappa shape index (κ3) is 2.92. The summed E-state index contributed by atoms with van der Waals surface area (Å²) in [6, 6.07) is 2.94. The molecular formula is C10H12BrFN2O. The van der Waals surface area contributed by atoms with Gasteiger partial charge in [0.2, 0.25) is 0 Å². The van der Waals surface area contributed by atoms with Crippen molar-refractivity contribution in [3.05, 3.63) is 28.0 Å². The standard InChI is InChI=1S/C10H12BrFN2O/c1-5(2)14-8-4-6(11)3-7(12)9(8)10(13)15/h3-5,14H,1-2H3,(H2,13,15). The number of carbonyl (C=O) groups excluding carboxylic acids is 1. The first-order chi connectivity index (χ1) is 6.91. The van der Waals surface area contributed by atoms with E-state index in [0.29, 0.717) is 10.2 Å². The highest BCUT2D eigenvalue weighted by Crippen LogP contribution is 2.25. The van der Waals surface area contributed by atoms with Gasteiger partial charge in [-0.25, -0.2) is 4.39 Å². The fraction of sp³-hybridized carbons (Fsp3) is 0.300. The molecule has 0 fully saturated rings. The second kappa shape index (κ2) is 4.61. The van der Waals surface area contributed by atoms with Crippen LogP contribution < -0.4 is 11.1 Å². The number of hydrogen-bond donors (Lipinski definition) is 2. The lowest BCUT2D eigenvalue weighted by molar-refractivity contribution is 0.0997. The highest BCUT2D eigenvalue weighted by molar-refractivity contribution is 9.10. The maximum absolute atomic E-state index is 13.4. The second-order valence-corrected chi connectivity index (χ2v) is 4.39. The van der Waals surface area contributed by atoms with Crippen molar-refractivity contribution in [3.8, 4) is 0 Å². The van der Waals surface area contributed by atoms with Crippen molar-refractivity contribution in [2.45, 2.75) is 19.9 Å². The Morgan fingerprint density at radius 2 is 2.13 bits per heavy atom. The van der Waals surface area contributed by atoms with Crippen LogP contribution in [0.2, 0.25) is 0 Å². The lowest BCUT2D eigenvalue weighted by atomic mass is 10.1. The van der Waals surface area contributed by atoms with E-state index in [4.69, 9.17) is 5.73 Å². The van der Waals surface area contributed by atoms with Crippen molar-refractivity contribution in [3.63, 3.8) is 0 Å². The number of carbonyl (C=O) groups is 1. The summed E-state index contributed by atoms with van der Waals surface area (Å²) in [5, 5.41) is 2.97. The SMILES string of the molecule is CC(C)Nc1cc(Br)cc(F)c1C(N)=O. The van der Waals surface area contributed by atoms with Gasteiger partial charge in [-0.3, -0.25) is 4.79 Å². The number of nitrogens with two attached hydrogens (primary N) is 1. The van der Waals surface area contributed by atoms with Crippen LogP contribution in [0, 0.1) is 5.82 Å². The van der Waals surface area contributed by atoms with E-state index in [-0.39, 0.29) is 11.6 Å². The topological polar surface area (TPSA) is 55.1 Å². The molecule has 1 rings (SSSR count). The van der Waals surface area contributed by atoms with Crippen molar-refractivity contribution in [2.75, 3.05) is 5.32 Å². The number of benzene rings is 1. The van der Waals surface area contributed by atoms with E-state index in [9.17, 15) is 9.18 Å². The molecule has 0 saturated carbocycles. The summed E-state index contributed by atoms with van der Waals surface area (Å²) in [5.74, 6) is -1.40. The Hall–Kier alpha value is -1.10. The summed E-state index contributed by atoms with van der Waals surface area (Å²) in [5.41, 5.74) is 5.41. The molecule has 0 saturated heterocycles. The van der Waals surface area contributed by atoms with Crippen molar-refractivity contribution in [1.82, 2.24) is 0 Å². The molecule has 0 spiro atoms. The van der Waals surface area contributed by atoms with Crippen molar-refractivity contribution in [2.24, 2.45) is 5.73 Å². The Balaban J connectivity index is 3.27. The van der Waals surface area contributed by atoms with Crippen molar-refractivity contribution < 1.29 is 9.18 Å². The summed E-state index contributed by atoms with van der Waals surface area (Å²) >= 11 is 3.15. The number of halogens is 2. The number of nitrogens with one attached hydrogen (secondary N) is 1. The first kappa shape index (κ1) is 12.0. The Kier molecular flexibility index (Phi) is 3.68. The lowest BCUT2D eigenvalue weighted by Crippen LogP contribution is -2.19. The van der Waals surface area contributed by atoms with Crippen LogP contribution in [0.3, 0.4) is 0 Å². The molecule has 3 N–H and O–H groups in total. The predicted octanol–water partition coefficient (Wildman–Crippen LogP) is 2.51. The quantitative estimate of drug-likeness (QED) is 0.890. The fourth-order valence-corrected chi connectivity index (χ4v) is 1.68. The smallest absolute Gasteiger partial charge is 0.253 e. The molecule has 82 valence electrons. The maximum Gasteiger partial charge on any atom is 0.253 e. The molecule has 0 unspecified atom stereocenters. The summed E-state index contributed by atoms with van der Waals surface area (Å²) in [6.45, 7) is 3.78. The number of rotatable bonds is 3. The lowest BCUT2D eigenvalue weighted by Gasteiger charge is -2.14. The van der Waals surface area contributed by atoms with Crippen LogP contribution in [0.4, 0.5) is 10.1 Å². The van der Waals surface area contributed by atoms with Crippen LogP contribution in [0.25, 0.3) is 0 Å². The van der Waals surface area contributed by atoms with Crippen LogP contribution >= 0.6 is 15.9 Å². The van der Waals surface area contributed by atoms with E-state index in [1.807, 2.05) is 13.8 Å². The second-order valence-electron chi connectivity index (χ2n) is 3.47. The van der Waals surface area contributed by atoms with Crippen LogP contribution in [-0.4, -0.2) is 11.9 Å². The number of hydrogen-bond acceptors (Lipinski definition) is 2. The van der Waals surface area contributed by atoms with Gasteiger partial charge < -0.3 is 11.1 Å². The Morgan fingerprint density at radius 1 is 1.53 bits per heavy atom. The van der Waals surface area contributed by atoms with E-state index in [0.717, 1.165) is 0 Å². The largest absolute Gasteiger partial charge is 0.382 e. The minimum absolute atomic E-state index is 0.0943. The summed E-state index contributed by atoms with van der Waals surface area (Å²) in [6.07, 6.45) is 0. The molecule has 1 aromatic rings. The Bertz CT molecular complexity index is 393. The third-order valence-electron chi connectivity index (χ3n) is 1.75. The Morgan fingerprint density at radius 3 is 2.60 bits per heavy atom. The molecule has 1 amide bonds. The molecule has 0 aliphatic rings. The zero-order chi connectivity index (χ0) is 11.6. The molecule has 0 aliphatic carbocycles. The molecule has 0 heterocycles. The molecule has 0 bridgehead atoms. The monoisotopic (exact) mass is 274 g/mol. The van der Waals surface area contributed by atoms with E-state index >= 15 is 0 Å². The summed E-state index contributed by atoms with van der Waals surface area (Å²) in [4.78, 5) is 11.1. The van der Waals surface area contributed by atoms with Gasteiger partial charge in [-0.2, -0.15) is 0 Å². The van der Waals surface area contributed by atoms with Crippen molar-refractivity contribution in [1.29, 1.82) is 0 Å². The van der Waals surface area contributed by atoms with Crippen LogP contribution in [0.1, 0.15) is 24.2 Å².